The monoisotopic (exact) mass is 274 g/mol. The Morgan fingerprint density at radius 3 is 2.76 bits per heavy atom. The van der Waals surface area contributed by atoms with Gasteiger partial charge in [0.15, 0.2) is 0 Å². The standard InChI is InChI=1S/C21H22/c1-3-7-16-14(5-1)9-11-18-19-12-10-15-6-2-4-8-17(15)21(19)13-20(16)18/h9-13,16H,1-8H2. The lowest BCUT2D eigenvalue weighted by Crippen LogP contribution is -2.14. The molecule has 0 aromatic heterocycles. The zero-order valence-corrected chi connectivity index (χ0v) is 12.6. The molecule has 0 aliphatic heterocycles. The SMILES string of the molecule is C1=C2C(=Cc3c2ccc2c3CCCC2)C2CCCCC2=C1. The van der Waals surface area contributed by atoms with Crippen LogP contribution in [0.5, 0.6) is 0 Å². The van der Waals surface area contributed by atoms with Crippen molar-refractivity contribution < 1.29 is 0 Å². The third-order valence-electron chi connectivity index (χ3n) is 5.97. The average molecular weight is 274 g/mol. The minimum Gasteiger partial charge on any atom is -0.0627 e. The van der Waals surface area contributed by atoms with Crippen LogP contribution < -0.4 is 0 Å². The Hall–Kier alpha value is -1.56. The van der Waals surface area contributed by atoms with Gasteiger partial charge in [0.1, 0.15) is 0 Å². The smallest absolute Gasteiger partial charge is 0.00576 e. The molecule has 1 unspecified atom stereocenters. The van der Waals surface area contributed by atoms with Crippen molar-refractivity contribution in [2.45, 2.75) is 51.4 Å². The number of hydrogen-bond acceptors (Lipinski definition) is 0. The maximum absolute atomic E-state index is 2.56. The first-order valence-electron chi connectivity index (χ1n) is 8.69. The van der Waals surface area contributed by atoms with Crippen molar-refractivity contribution in [3.63, 3.8) is 0 Å². The van der Waals surface area contributed by atoms with Crippen molar-refractivity contribution >= 4 is 11.6 Å². The molecule has 4 aliphatic carbocycles. The van der Waals surface area contributed by atoms with E-state index in [2.05, 4.69) is 30.4 Å². The lowest BCUT2D eigenvalue weighted by Gasteiger charge is -2.30. The Kier molecular flexibility index (Phi) is 2.56. The van der Waals surface area contributed by atoms with Gasteiger partial charge in [0.05, 0.1) is 0 Å². The topological polar surface area (TPSA) is 0 Å². The second-order valence-corrected chi connectivity index (χ2v) is 7.09. The van der Waals surface area contributed by atoms with Crippen molar-refractivity contribution in [2.24, 2.45) is 5.92 Å². The molecule has 0 saturated heterocycles. The molecular weight excluding hydrogens is 252 g/mol. The average Bonchev–Trinajstić information content (AvgIpc) is 2.94. The molecule has 0 N–H and O–H groups in total. The Labute approximate surface area is 127 Å². The highest BCUT2D eigenvalue weighted by atomic mass is 14.4. The summed E-state index contributed by atoms with van der Waals surface area (Å²) < 4.78 is 0. The normalized spacial score (nSPS) is 25.9. The molecule has 1 aromatic rings. The van der Waals surface area contributed by atoms with Gasteiger partial charge in [-0.1, -0.05) is 36.3 Å². The molecule has 21 heavy (non-hydrogen) atoms. The first-order valence-corrected chi connectivity index (χ1v) is 8.69. The highest BCUT2D eigenvalue weighted by Gasteiger charge is 2.32. The molecule has 0 heteroatoms. The number of aryl methyl sites for hydroxylation is 1. The van der Waals surface area contributed by atoms with Crippen LogP contribution in [0.4, 0.5) is 0 Å². The molecule has 0 spiro atoms. The largest absolute Gasteiger partial charge is 0.0627 e. The van der Waals surface area contributed by atoms with E-state index in [1.54, 1.807) is 27.8 Å². The number of rotatable bonds is 0. The highest BCUT2D eigenvalue weighted by molar-refractivity contribution is 5.98. The van der Waals surface area contributed by atoms with Gasteiger partial charge in [0.2, 0.25) is 0 Å². The first kappa shape index (κ1) is 12.0. The summed E-state index contributed by atoms with van der Waals surface area (Å²) in [6.07, 6.45) is 18.2. The Morgan fingerprint density at radius 2 is 1.76 bits per heavy atom. The second-order valence-electron chi connectivity index (χ2n) is 7.09. The predicted octanol–water partition coefficient (Wildman–Crippen LogP) is 5.48. The minimum atomic E-state index is 0.727. The molecule has 5 rings (SSSR count). The number of allylic oxidation sites excluding steroid dienone is 5. The lowest BCUT2D eigenvalue weighted by atomic mass is 9.74. The van der Waals surface area contributed by atoms with Crippen LogP contribution in [-0.4, -0.2) is 0 Å². The number of fused-ring (bicyclic) bond motifs is 7. The van der Waals surface area contributed by atoms with Gasteiger partial charge in [-0.2, -0.15) is 0 Å². The summed E-state index contributed by atoms with van der Waals surface area (Å²) in [5.41, 5.74) is 11.3. The second kappa shape index (κ2) is 4.47. The molecule has 0 bridgehead atoms. The third kappa shape index (κ3) is 1.68. The van der Waals surface area contributed by atoms with E-state index >= 15 is 0 Å². The summed E-state index contributed by atoms with van der Waals surface area (Å²) in [7, 11) is 0. The van der Waals surface area contributed by atoms with E-state index in [0.717, 1.165) is 5.92 Å². The van der Waals surface area contributed by atoms with Gasteiger partial charge < -0.3 is 0 Å². The fourth-order valence-electron chi connectivity index (χ4n) is 4.90. The van der Waals surface area contributed by atoms with Gasteiger partial charge >= 0.3 is 0 Å². The zero-order chi connectivity index (χ0) is 13.8. The van der Waals surface area contributed by atoms with E-state index in [9.17, 15) is 0 Å². The zero-order valence-electron chi connectivity index (χ0n) is 12.6. The first-order chi connectivity index (χ1) is 10.4. The number of benzene rings is 1. The quantitative estimate of drug-likeness (QED) is 0.588. The van der Waals surface area contributed by atoms with E-state index < -0.39 is 0 Å². The van der Waals surface area contributed by atoms with Crippen LogP contribution in [0, 0.1) is 5.92 Å². The van der Waals surface area contributed by atoms with Gasteiger partial charge in [-0.3, -0.25) is 0 Å². The van der Waals surface area contributed by atoms with Crippen LogP contribution in [0.3, 0.4) is 0 Å². The summed E-state index contributed by atoms with van der Waals surface area (Å²) in [6.45, 7) is 0. The van der Waals surface area contributed by atoms with Crippen LogP contribution in [0.15, 0.2) is 35.4 Å². The molecule has 0 amide bonds. The molecule has 0 radical (unpaired) electrons. The summed E-state index contributed by atoms with van der Waals surface area (Å²) in [4.78, 5) is 0. The van der Waals surface area contributed by atoms with Crippen molar-refractivity contribution in [3.8, 4) is 0 Å². The van der Waals surface area contributed by atoms with Gasteiger partial charge in [-0.25, -0.2) is 0 Å². The van der Waals surface area contributed by atoms with Crippen LogP contribution in [0.25, 0.3) is 11.6 Å². The summed E-state index contributed by atoms with van der Waals surface area (Å²) in [6, 6.07) is 4.81. The Morgan fingerprint density at radius 1 is 0.857 bits per heavy atom. The summed E-state index contributed by atoms with van der Waals surface area (Å²) >= 11 is 0. The third-order valence-corrected chi connectivity index (χ3v) is 5.97. The predicted molar refractivity (Wildman–Crippen MR) is 89.1 cm³/mol. The van der Waals surface area contributed by atoms with E-state index in [1.807, 2.05) is 0 Å². The van der Waals surface area contributed by atoms with Crippen LogP contribution in [0.2, 0.25) is 0 Å². The van der Waals surface area contributed by atoms with Gasteiger partial charge in [-0.05, 0) is 84.4 Å². The highest BCUT2D eigenvalue weighted by Crippen LogP contribution is 2.50. The van der Waals surface area contributed by atoms with Crippen LogP contribution in [0.1, 0.15) is 60.8 Å². The van der Waals surface area contributed by atoms with Gasteiger partial charge in [-0.15, -0.1) is 0 Å². The van der Waals surface area contributed by atoms with Crippen LogP contribution in [-0.2, 0) is 12.8 Å². The maximum Gasteiger partial charge on any atom is 0.00576 e. The fraction of sp³-hybridized carbons (Fsp3) is 0.429. The molecule has 1 fully saturated rings. The van der Waals surface area contributed by atoms with E-state index in [-0.39, 0.29) is 0 Å². The van der Waals surface area contributed by atoms with Crippen molar-refractivity contribution in [3.05, 3.63) is 57.7 Å². The van der Waals surface area contributed by atoms with Crippen LogP contribution >= 0.6 is 0 Å². The van der Waals surface area contributed by atoms with Gasteiger partial charge in [0, 0.05) is 5.92 Å². The molecule has 0 nitrogen and oxygen atoms in total. The Bertz CT molecular complexity index is 712. The summed E-state index contributed by atoms with van der Waals surface area (Å²) in [5.74, 6) is 0.727. The minimum absolute atomic E-state index is 0.727. The molecule has 1 saturated carbocycles. The van der Waals surface area contributed by atoms with Crippen molar-refractivity contribution in [2.75, 3.05) is 0 Å². The van der Waals surface area contributed by atoms with Gasteiger partial charge in [0.25, 0.3) is 0 Å². The van der Waals surface area contributed by atoms with E-state index in [4.69, 9.17) is 0 Å². The lowest BCUT2D eigenvalue weighted by molar-refractivity contribution is 0.509. The molecular formula is C21H22. The molecule has 106 valence electrons. The summed E-state index contributed by atoms with van der Waals surface area (Å²) in [5, 5.41) is 0. The molecule has 0 heterocycles. The maximum atomic E-state index is 2.56. The molecule has 4 aliphatic rings. The number of hydrogen-bond donors (Lipinski definition) is 0. The molecule has 1 atom stereocenters. The van der Waals surface area contributed by atoms with E-state index in [0.29, 0.717) is 0 Å². The van der Waals surface area contributed by atoms with E-state index in [1.165, 1.54) is 62.5 Å². The molecule has 1 aromatic carbocycles. The van der Waals surface area contributed by atoms with Crippen molar-refractivity contribution in [1.29, 1.82) is 0 Å². The fourth-order valence-corrected chi connectivity index (χ4v) is 4.90. The van der Waals surface area contributed by atoms with Crippen molar-refractivity contribution in [1.82, 2.24) is 0 Å². The Balaban J connectivity index is 1.68.